The average Bonchev–Trinajstić information content (AvgIpc) is 2.58. The minimum absolute atomic E-state index is 0.00396. The van der Waals surface area contributed by atoms with Gasteiger partial charge in [0.25, 0.3) is 0 Å². The van der Waals surface area contributed by atoms with E-state index in [9.17, 15) is 8.42 Å². The number of sulfonamides is 1. The molecule has 0 amide bonds. The van der Waals surface area contributed by atoms with Gasteiger partial charge in [-0.3, -0.25) is 4.99 Å². The standard InChI is InChI=1S/C21H38N4O2S/c1-16(2)8-7-9-18(5)24-21(22-6)23-14-19-10-12-20(13-11-19)15-28(26,27)25-17(3)4/h10-13,16-18,25H,7-9,14-15H2,1-6H3,(H2,22,23,24). The highest BCUT2D eigenvalue weighted by molar-refractivity contribution is 7.88. The lowest BCUT2D eigenvalue weighted by Crippen LogP contribution is -2.41. The molecule has 1 aromatic rings. The van der Waals surface area contributed by atoms with Gasteiger partial charge in [-0.25, -0.2) is 13.1 Å². The maximum atomic E-state index is 12.0. The highest BCUT2D eigenvalue weighted by Crippen LogP contribution is 2.09. The Hall–Kier alpha value is -1.60. The molecule has 0 radical (unpaired) electrons. The quantitative estimate of drug-likeness (QED) is 0.386. The summed E-state index contributed by atoms with van der Waals surface area (Å²) in [5, 5.41) is 6.74. The molecule has 160 valence electrons. The van der Waals surface area contributed by atoms with Crippen molar-refractivity contribution in [3.05, 3.63) is 35.4 Å². The molecule has 0 aliphatic rings. The first-order chi connectivity index (χ1) is 13.1. The molecule has 0 bridgehead atoms. The van der Waals surface area contributed by atoms with Crippen LogP contribution in [0, 0.1) is 5.92 Å². The maximum Gasteiger partial charge on any atom is 0.216 e. The summed E-state index contributed by atoms with van der Waals surface area (Å²) in [7, 11) is -1.53. The van der Waals surface area contributed by atoms with Gasteiger partial charge in [-0.05, 0) is 44.2 Å². The smallest absolute Gasteiger partial charge is 0.216 e. The fourth-order valence-corrected chi connectivity index (χ4v) is 4.32. The summed E-state index contributed by atoms with van der Waals surface area (Å²) in [6.45, 7) is 10.9. The lowest BCUT2D eigenvalue weighted by Gasteiger charge is -2.18. The highest BCUT2D eigenvalue weighted by atomic mass is 32.2. The van der Waals surface area contributed by atoms with Gasteiger partial charge < -0.3 is 10.6 Å². The number of nitrogens with zero attached hydrogens (tertiary/aromatic N) is 1. The molecule has 0 aliphatic carbocycles. The Morgan fingerprint density at radius 2 is 1.61 bits per heavy atom. The number of guanidine groups is 1. The van der Waals surface area contributed by atoms with E-state index in [0.717, 1.165) is 29.4 Å². The topological polar surface area (TPSA) is 82.6 Å². The van der Waals surface area contributed by atoms with Crippen LogP contribution in [0.2, 0.25) is 0 Å². The van der Waals surface area contributed by atoms with E-state index in [1.807, 2.05) is 38.1 Å². The Morgan fingerprint density at radius 1 is 1.00 bits per heavy atom. The van der Waals surface area contributed by atoms with Crippen LogP contribution in [0.1, 0.15) is 65.0 Å². The zero-order chi connectivity index (χ0) is 21.2. The van der Waals surface area contributed by atoms with Crippen LogP contribution in [-0.4, -0.2) is 33.5 Å². The van der Waals surface area contributed by atoms with Gasteiger partial charge in [0.15, 0.2) is 5.96 Å². The minimum Gasteiger partial charge on any atom is -0.354 e. The van der Waals surface area contributed by atoms with E-state index >= 15 is 0 Å². The summed E-state index contributed by atoms with van der Waals surface area (Å²) in [6.07, 6.45) is 3.57. The Labute approximate surface area is 171 Å². The number of hydrogen-bond acceptors (Lipinski definition) is 3. The molecule has 1 unspecified atom stereocenters. The predicted molar refractivity (Wildman–Crippen MR) is 119 cm³/mol. The number of nitrogens with one attached hydrogen (secondary N) is 3. The molecule has 0 spiro atoms. The van der Waals surface area contributed by atoms with Crippen molar-refractivity contribution >= 4 is 16.0 Å². The van der Waals surface area contributed by atoms with E-state index in [1.54, 1.807) is 7.05 Å². The molecule has 0 aromatic heterocycles. The van der Waals surface area contributed by atoms with Crippen LogP contribution in [0.4, 0.5) is 0 Å². The summed E-state index contributed by atoms with van der Waals surface area (Å²) in [4.78, 5) is 4.29. The van der Waals surface area contributed by atoms with E-state index in [2.05, 4.69) is 41.1 Å². The van der Waals surface area contributed by atoms with Gasteiger partial charge in [0.05, 0.1) is 5.75 Å². The van der Waals surface area contributed by atoms with Crippen molar-refractivity contribution in [1.82, 2.24) is 15.4 Å². The van der Waals surface area contributed by atoms with Crippen molar-refractivity contribution in [3.63, 3.8) is 0 Å². The van der Waals surface area contributed by atoms with E-state index in [1.165, 1.54) is 12.8 Å². The normalized spacial score (nSPS) is 13.8. The fraction of sp³-hybridized carbons (Fsp3) is 0.667. The highest BCUT2D eigenvalue weighted by Gasteiger charge is 2.13. The van der Waals surface area contributed by atoms with Gasteiger partial charge in [0.1, 0.15) is 0 Å². The van der Waals surface area contributed by atoms with E-state index in [4.69, 9.17) is 0 Å². The molecule has 7 heteroatoms. The Morgan fingerprint density at radius 3 is 2.14 bits per heavy atom. The number of rotatable bonds is 11. The van der Waals surface area contributed by atoms with Crippen LogP contribution in [0.3, 0.4) is 0 Å². The van der Waals surface area contributed by atoms with Gasteiger partial charge in [0, 0.05) is 25.7 Å². The molecule has 0 aliphatic heterocycles. The van der Waals surface area contributed by atoms with Gasteiger partial charge in [-0.2, -0.15) is 0 Å². The first-order valence-corrected chi connectivity index (χ1v) is 11.8. The Bertz CT molecular complexity index is 698. The zero-order valence-electron chi connectivity index (χ0n) is 18.2. The van der Waals surface area contributed by atoms with Crippen LogP contribution in [-0.2, 0) is 22.3 Å². The molecule has 0 saturated carbocycles. The van der Waals surface area contributed by atoms with Crippen molar-refractivity contribution < 1.29 is 8.42 Å². The minimum atomic E-state index is -3.30. The molecule has 28 heavy (non-hydrogen) atoms. The third-order valence-corrected chi connectivity index (χ3v) is 5.82. The molecule has 6 nitrogen and oxygen atoms in total. The first kappa shape index (κ1) is 24.4. The summed E-state index contributed by atoms with van der Waals surface area (Å²) in [5.41, 5.74) is 1.85. The molecule has 0 heterocycles. The van der Waals surface area contributed by atoms with Gasteiger partial charge in [-0.15, -0.1) is 0 Å². The van der Waals surface area contributed by atoms with E-state index in [0.29, 0.717) is 12.6 Å². The molecule has 1 rings (SSSR count). The second-order valence-corrected chi connectivity index (χ2v) is 9.90. The second-order valence-electron chi connectivity index (χ2n) is 8.14. The summed E-state index contributed by atoms with van der Waals surface area (Å²) in [6, 6.07) is 7.90. The lowest BCUT2D eigenvalue weighted by molar-refractivity contribution is 0.491. The average molecular weight is 411 g/mol. The van der Waals surface area contributed by atoms with Crippen LogP contribution in [0.15, 0.2) is 29.3 Å². The number of aliphatic imine (C=N–C) groups is 1. The molecule has 1 atom stereocenters. The monoisotopic (exact) mass is 410 g/mol. The maximum absolute atomic E-state index is 12.0. The molecule has 1 aromatic carbocycles. The van der Waals surface area contributed by atoms with Crippen molar-refractivity contribution in [1.29, 1.82) is 0 Å². The van der Waals surface area contributed by atoms with Crippen LogP contribution in [0.5, 0.6) is 0 Å². The molecule has 0 fully saturated rings. The molecular formula is C21H38N4O2S. The number of hydrogen-bond donors (Lipinski definition) is 3. The van der Waals surface area contributed by atoms with Crippen LogP contribution < -0.4 is 15.4 Å². The fourth-order valence-electron chi connectivity index (χ4n) is 2.89. The molecule has 0 saturated heterocycles. The predicted octanol–water partition coefficient (Wildman–Crippen LogP) is 3.39. The van der Waals surface area contributed by atoms with Crippen LogP contribution in [0.25, 0.3) is 0 Å². The van der Waals surface area contributed by atoms with E-state index < -0.39 is 10.0 Å². The molecular weight excluding hydrogens is 372 g/mol. The SMILES string of the molecule is CN=C(NCc1ccc(CS(=O)(=O)NC(C)C)cc1)NC(C)CCCC(C)C. The second kappa shape index (κ2) is 12.1. The molecule has 3 N–H and O–H groups in total. The van der Waals surface area contributed by atoms with Gasteiger partial charge in [-0.1, -0.05) is 51.0 Å². The van der Waals surface area contributed by atoms with Gasteiger partial charge in [0.2, 0.25) is 10.0 Å². The van der Waals surface area contributed by atoms with Crippen molar-refractivity contribution in [3.8, 4) is 0 Å². The third-order valence-electron chi connectivity index (χ3n) is 4.28. The van der Waals surface area contributed by atoms with Crippen LogP contribution >= 0.6 is 0 Å². The van der Waals surface area contributed by atoms with Gasteiger partial charge >= 0.3 is 0 Å². The Kier molecular flexibility index (Phi) is 10.5. The first-order valence-electron chi connectivity index (χ1n) is 10.2. The summed E-state index contributed by atoms with van der Waals surface area (Å²) in [5.74, 6) is 1.52. The van der Waals surface area contributed by atoms with Crippen molar-refractivity contribution in [2.75, 3.05) is 7.05 Å². The lowest BCUT2D eigenvalue weighted by atomic mass is 10.0. The Balaban J connectivity index is 2.48. The van der Waals surface area contributed by atoms with Crippen molar-refractivity contribution in [2.24, 2.45) is 10.9 Å². The largest absolute Gasteiger partial charge is 0.354 e. The number of benzene rings is 1. The zero-order valence-corrected chi connectivity index (χ0v) is 19.1. The summed E-state index contributed by atoms with van der Waals surface area (Å²) >= 11 is 0. The van der Waals surface area contributed by atoms with Crippen molar-refractivity contribution in [2.45, 2.75) is 78.3 Å². The summed E-state index contributed by atoms with van der Waals surface area (Å²) < 4.78 is 26.6. The third kappa shape index (κ3) is 10.7. The van der Waals surface area contributed by atoms with E-state index in [-0.39, 0.29) is 11.8 Å².